The number of hydrogen-bond acceptors (Lipinski definition) is 6. The number of rotatable bonds is 7. The molecule has 0 aliphatic rings. The number of aromatic nitrogens is 5. The predicted molar refractivity (Wildman–Crippen MR) is 94.2 cm³/mol. The van der Waals surface area contributed by atoms with Crippen molar-refractivity contribution in [1.82, 2.24) is 25.2 Å². The quantitative estimate of drug-likeness (QED) is 0.657. The zero-order chi connectivity index (χ0) is 16.9. The third-order valence-electron chi connectivity index (χ3n) is 3.62. The summed E-state index contributed by atoms with van der Waals surface area (Å²) in [6.45, 7) is 5.00. The molecule has 0 aliphatic carbocycles. The molecule has 3 aromatic rings. The molecular formula is C17H21N5OS. The Balaban J connectivity index is 1.67. The van der Waals surface area contributed by atoms with Gasteiger partial charge in [-0.15, -0.1) is 21.5 Å². The molecule has 0 N–H and O–H groups in total. The van der Waals surface area contributed by atoms with Crippen LogP contribution in [0.4, 0.5) is 0 Å². The average Bonchev–Trinajstić information content (AvgIpc) is 3.23. The molecule has 6 nitrogen and oxygen atoms in total. The lowest BCUT2D eigenvalue weighted by Crippen LogP contribution is -2.04. The van der Waals surface area contributed by atoms with Gasteiger partial charge >= 0.3 is 0 Å². The minimum atomic E-state index is 0.537. The molecule has 0 fully saturated rings. The Bertz CT molecular complexity index is 796. The number of nitrogens with zero attached hydrogens (tertiary/aromatic N) is 5. The summed E-state index contributed by atoms with van der Waals surface area (Å²) in [6, 6.07) is 7.64. The first-order valence-electron chi connectivity index (χ1n) is 7.99. The normalized spacial score (nSPS) is 11.2. The molecule has 0 bridgehead atoms. The van der Waals surface area contributed by atoms with E-state index >= 15 is 0 Å². The summed E-state index contributed by atoms with van der Waals surface area (Å²) in [6.07, 6.45) is 2.19. The van der Waals surface area contributed by atoms with Crippen molar-refractivity contribution in [3.8, 4) is 17.1 Å². The van der Waals surface area contributed by atoms with Crippen LogP contribution in [0.1, 0.15) is 31.0 Å². The first-order chi connectivity index (χ1) is 11.6. The lowest BCUT2D eigenvalue weighted by Gasteiger charge is -2.00. The number of thiazole rings is 1. The predicted octanol–water partition coefficient (Wildman–Crippen LogP) is 3.44. The van der Waals surface area contributed by atoms with Crippen LogP contribution in [0.2, 0.25) is 0 Å². The highest BCUT2D eigenvalue weighted by molar-refractivity contribution is 7.09. The van der Waals surface area contributed by atoms with Gasteiger partial charge in [0.05, 0.1) is 17.8 Å². The third kappa shape index (κ3) is 4.17. The first-order valence-corrected chi connectivity index (χ1v) is 8.87. The lowest BCUT2D eigenvalue weighted by atomic mass is 10.1. The molecule has 2 aromatic heterocycles. The minimum absolute atomic E-state index is 0.537. The number of aryl methyl sites for hydroxylation is 1. The van der Waals surface area contributed by atoms with Gasteiger partial charge < -0.3 is 4.74 Å². The van der Waals surface area contributed by atoms with E-state index in [-0.39, 0.29) is 0 Å². The number of hydrogen-bond donors (Lipinski definition) is 0. The third-order valence-corrected chi connectivity index (χ3v) is 4.58. The summed E-state index contributed by atoms with van der Waals surface area (Å²) in [4.78, 5) is 6.24. The van der Waals surface area contributed by atoms with Crippen molar-refractivity contribution >= 4 is 11.3 Å². The Morgan fingerprint density at radius 3 is 2.96 bits per heavy atom. The van der Waals surface area contributed by atoms with E-state index < -0.39 is 0 Å². The maximum Gasteiger partial charge on any atom is 0.205 e. The van der Waals surface area contributed by atoms with Gasteiger partial charge in [0, 0.05) is 10.9 Å². The summed E-state index contributed by atoms with van der Waals surface area (Å²) in [5.41, 5.74) is 1.87. The topological polar surface area (TPSA) is 65.7 Å². The fourth-order valence-corrected chi connectivity index (χ4v) is 3.09. The van der Waals surface area contributed by atoms with E-state index in [1.165, 1.54) is 5.01 Å². The van der Waals surface area contributed by atoms with E-state index in [1.54, 1.807) is 23.2 Å². The molecule has 0 spiro atoms. The summed E-state index contributed by atoms with van der Waals surface area (Å²) < 4.78 is 5.23. The van der Waals surface area contributed by atoms with E-state index in [2.05, 4.69) is 39.6 Å². The van der Waals surface area contributed by atoms with Gasteiger partial charge in [0.1, 0.15) is 12.3 Å². The van der Waals surface area contributed by atoms with E-state index in [0.29, 0.717) is 18.3 Å². The minimum Gasteiger partial charge on any atom is -0.497 e. The van der Waals surface area contributed by atoms with E-state index in [1.807, 2.05) is 24.3 Å². The summed E-state index contributed by atoms with van der Waals surface area (Å²) in [5, 5.41) is 15.9. The van der Waals surface area contributed by atoms with Crippen molar-refractivity contribution in [3.63, 3.8) is 0 Å². The van der Waals surface area contributed by atoms with E-state index in [9.17, 15) is 0 Å². The van der Waals surface area contributed by atoms with Gasteiger partial charge in [-0.3, -0.25) is 0 Å². The van der Waals surface area contributed by atoms with Gasteiger partial charge in [0.25, 0.3) is 0 Å². The fourth-order valence-electron chi connectivity index (χ4n) is 2.28. The number of ether oxygens (including phenoxy) is 1. The van der Waals surface area contributed by atoms with Crippen LogP contribution in [-0.2, 0) is 13.0 Å². The van der Waals surface area contributed by atoms with Gasteiger partial charge in [0.15, 0.2) is 0 Å². The highest BCUT2D eigenvalue weighted by Crippen LogP contribution is 2.20. The molecule has 0 amide bonds. The summed E-state index contributed by atoms with van der Waals surface area (Å²) >= 11 is 1.70. The molecule has 7 heteroatoms. The molecule has 0 saturated carbocycles. The second-order valence-corrected chi connectivity index (χ2v) is 6.98. The molecule has 0 aliphatic heterocycles. The Hall–Kier alpha value is -2.28. The lowest BCUT2D eigenvalue weighted by molar-refractivity contribution is 0.415. The average molecular weight is 343 g/mol. The molecule has 0 saturated heterocycles. The SMILES string of the molecule is COc1cccc(-c2nnn(Cc3csc(CCC(C)C)n3)n2)c1. The molecule has 2 heterocycles. The molecule has 0 unspecified atom stereocenters. The van der Waals surface area contributed by atoms with Gasteiger partial charge in [-0.1, -0.05) is 26.0 Å². The number of tetrazole rings is 1. The highest BCUT2D eigenvalue weighted by Gasteiger charge is 2.09. The smallest absolute Gasteiger partial charge is 0.205 e. The van der Waals surface area contributed by atoms with Gasteiger partial charge in [0.2, 0.25) is 5.82 Å². The monoisotopic (exact) mass is 343 g/mol. The highest BCUT2D eigenvalue weighted by atomic mass is 32.1. The van der Waals surface area contributed by atoms with Crippen LogP contribution in [0.25, 0.3) is 11.4 Å². The molecular weight excluding hydrogens is 322 g/mol. The van der Waals surface area contributed by atoms with E-state index in [4.69, 9.17) is 4.74 Å². The Morgan fingerprint density at radius 1 is 1.29 bits per heavy atom. The largest absolute Gasteiger partial charge is 0.497 e. The number of benzene rings is 1. The Kier molecular flexibility index (Phi) is 5.20. The van der Waals surface area contributed by atoms with Crippen molar-refractivity contribution in [3.05, 3.63) is 40.3 Å². The van der Waals surface area contributed by atoms with Crippen molar-refractivity contribution in [2.45, 2.75) is 33.2 Å². The van der Waals surface area contributed by atoms with Crippen molar-refractivity contribution < 1.29 is 4.74 Å². The first kappa shape index (κ1) is 16.6. The zero-order valence-corrected chi connectivity index (χ0v) is 15.0. The second-order valence-electron chi connectivity index (χ2n) is 6.04. The van der Waals surface area contributed by atoms with Crippen LogP contribution >= 0.6 is 11.3 Å². The van der Waals surface area contributed by atoms with Crippen LogP contribution < -0.4 is 4.74 Å². The van der Waals surface area contributed by atoms with Crippen LogP contribution in [-0.4, -0.2) is 32.3 Å². The molecule has 0 radical (unpaired) electrons. The maximum absolute atomic E-state index is 5.23. The van der Waals surface area contributed by atoms with Gasteiger partial charge in [-0.25, -0.2) is 4.98 Å². The van der Waals surface area contributed by atoms with Crippen molar-refractivity contribution in [2.24, 2.45) is 5.92 Å². The van der Waals surface area contributed by atoms with Crippen LogP contribution in [0.5, 0.6) is 5.75 Å². The van der Waals surface area contributed by atoms with Crippen molar-refractivity contribution in [2.75, 3.05) is 7.11 Å². The molecule has 126 valence electrons. The molecule has 24 heavy (non-hydrogen) atoms. The van der Waals surface area contributed by atoms with Crippen LogP contribution in [0, 0.1) is 5.92 Å². The standard InChI is InChI=1S/C17H21N5OS/c1-12(2)7-8-16-18-14(11-24-16)10-22-20-17(19-21-22)13-5-4-6-15(9-13)23-3/h4-6,9,11-12H,7-8,10H2,1-3H3. The Labute approximate surface area is 145 Å². The second kappa shape index (κ2) is 7.53. The van der Waals surface area contributed by atoms with Crippen LogP contribution in [0.3, 0.4) is 0 Å². The molecule has 1 aromatic carbocycles. The molecule has 0 atom stereocenters. The summed E-state index contributed by atoms with van der Waals surface area (Å²) in [5.74, 6) is 2.06. The van der Waals surface area contributed by atoms with Gasteiger partial charge in [-0.05, 0) is 36.1 Å². The van der Waals surface area contributed by atoms with Crippen LogP contribution in [0.15, 0.2) is 29.6 Å². The maximum atomic E-state index is 5.23. The Morgan fingerprint density at radius 2 is 2.17 bits per heavy atom. The van der Waals surface area contributed by atoms with Crippen molar-refractivity contribution in [1.29, 1.82) is 0 Å². The summed E-state index contributed by atoms with van der Waals surface area (Å²) in [7, 11) is 1.64. The zero-order valence-electron chi connectivity index (χ0n) is 14.1. The molecule has 3 rings (SSSR count). The number of methoxy groups -OCH3 is 1. The van der Waals surface area contributed by atoms with Gasteiger partial charge in [-0.2, -0.15) is 4.80 Å². The van der Waals surface area contributed by atoms with E-state index in [0.717, 1.165) is 29.8 Å². The fraction of sp³-hybridized carbons (Fsp3) is 0.412.